The Bertz CT molecular complexity index is 744. The number of urea groups is 1. The number of pyridine rings is 1. The number of aromatic nitrogens is 1. The number of nitrogens with zero attached hydrogens (tertiary/aromatic N) is 2. The molecule has 7 heteroatoms. The third kappa shape index (κ3) is 3.51. The van der Waals surface area contributed by atoms with Crippen LogP contribution in [-0.2, 0) is 4.74 Å². The number of amides is 2. The maximum atomic E-state index is 12.2. The third-order valence-electron chi connectivity index (χ3n) is 4.35. The molecule has 2 N–H and O–H groups in total. The Labute approximate surface area is 145 Å². The Hall–Kier alpha value is -2.80. The van der Waals surface area contributed by atoms with Gasteiger partial charge in [-0.2, -0.15) is 0 Å². The highest BCUT2D eigenvalue weighted by Gasteiger charge is 2.25. The summed E-state index contributed by atoms with van der Waals surface area (Å²) in [5.74, 6) is 1.72. The molecule has 3 heterocycles. The number of anilines is 2. The molecule has 0 radical (unpaired) electrons. The van der Waals surface area contributed by atoms with Crippen LogP contribution in [0.15, 0.2) is 42.6 Å². The molecule has 1 aromatic carbocycles. The minimum absolute atomic E-state index is 0.142. The number of fused-ring (bicyclic) bond motifs is 1. The van der Waals surface area contributed by atoms with Crippen LogP contribution in [0.5, 0.6) is 5.75 Å². The lowest BCUT2D eigenvalue weighted by molar-refractivity contribution is 0.122. The van der Waals surface area contributed by atoms with Crippen LogP contribution in [0.2, 0.25) is 0 Å². The van der Waals surface area contributed by atoms with E-state index in [1.54, 1.807) is 6.20 Å². The van der Waals surface area contributed by atoms with Crippen LogP contribution >= 0.6 is 0 Å². The molecule has 0 saturated carbocycles. The van der Waals surface area contributed by atoms with Crippen LogP contribution < -0.4 is 20.3 Å². The maximum Gasteiger partial charge on any atom is 0.319 e. The Morgan fingerprint density at radius 1 is 1.16 bits per heavy atom. The fraction of sp³-hybridized carbons (Fsp3) is 0.333. The van der Waals surface area contributed by atoms with Gasteiger partial charge in [-0.25, -0.2) is 9.78 Å². The SMILES string of the molecule is O=C(Nc1ccc(N2CCOCC2)nc1)N[C@@H]1COc2ccccc21. The minimum atomic E-state index is -0.272. The average Bonchev–Trinajstić information content (AvgIpc) is 3.06. The number of morpholine rings is 1. The highest BCUT2D eigenvalue weighted by molar-refractivity contribution is 5.89. The van der Waals surface area contributed by atoms with Crippen molar-refractivity contribution < 1.29 is 14.3 Å². The normalized spacial score (nSPS) is 19.0. The van der Waals surface area contributed by atoms with E-state index in [0.29, 0.717) is 12.3 Å². The lowest BCUT2D eigenvalue weighted by atomic mass is 10.1. The first-order chi connectivity index (χ1) is 12.3. The van der Waals surface area contributed by atoms with E-state index < -0.39 is 0 Å². The van der Waals surface area contributed by atoms with E-state index in [9.17, 15) is 4.79 Å². The maximum absolute atomic E-state index is 12.2. The lowest BCUT2D eigenvalue weighted by Gasteiger charge is -2.27. The molecular formula is C18H20N4O3. The summed E-state index contributed by atoms with van der Waals surface area (Å²) in [4.78, 5) is 18.8. The van der Waals surface area contributed by atoms with E-state index in [2.05, 4.69) is 20.5 Å². The van der Waals surface area contributed by atoms with Gasteiger partial charge in [0.25, 0.3) is 0 Å². The van der Waals surface area contributed by atoms with Gasteiger partial charge in [0.15, 0.2) is 0 Å². The quantitative estimate of drug-likeness (QED) is 0.896. The van der Waals surface area contributed by atoms with E-state index in [0.717, 1.165) is 43.4 Å². The second-order valence-electron chi connectivity index (χ2n) is 6.00. The van der Waals surface area contributed by atoms with Crippen molar-refractivity contribution in [2.45, 2.75) is 6.04 Å². The minimum Gasteiger partial charge on any atom is -0.491 e. The first kappa shape index (κ1) is 15.7. The van der Waals surface area contributed by atoms with Crippen molar-refractivity contribution in [2.24, 2.45) is 0 Å². The van der Waals surface area contributed by atoms with Crippen LogP contribution in [0.1, 0.15) is 11.6 Å². The number of carbonyl (C=O) groups is 1. The van der Waals surface area contributed by atoms with Gasteiger partial charge in [0, 0.05) is 18.7 Å². The zero-order valence-corrected chi connectivity index (χ0v) is 13.8. The highest BCUT2D eigenvalue weighted by Crippen LogP contribution is 2.31. The first-order valence-corrected chi connectivity index (χ1v) is 8.37. The number of hydrogen-bond donors (Lipinski definition) is 2. The van der Waals surface area contributed by atoms with Gasteiger partial charge in [-0.1, -0.05) is 18.2 Å². The highest BCUT2D eigenvalue weighted by atomic mass is 16.5. The van der Waals surface area contributed by atoms with Crippen molar-refractivity contribution in [3.63, 3.8) is 0 Å². The van der Waals surface area contributed by atoms with Crippen molar-refractivity contribution in [2.75, 3.05) is 43.1 Å². The molecule has 1 atom stereocenters. The molecule has 7 nitrogen and oxygen atoms in total. The van der Waals surface area contributed by atoms with E-state index >= 15 is 0 Å². The van der Waals surface area contributed by atoms with Crippen LogP contribution in [0.4, 0.5) is 16.3 Å². The number of hydrogen-bond acceptors (Lipinski definition) is 5. The first-order valence-electron chi connectivity index (χ1n) is 8.37. The van der Waals surface area contributed by atoms with Gasteiger partial charge in [0.2, 0.25) is 0 Å². The van der Waals surface area contributed by atoms with Crippen LogP contribution in [0.3, 0.4) is 0 Å². The molecule has 0 spiro atoms. The van der Waals surface area contributed by atoms with Crippen LogP contribution in [-0.4, -0.2) is 43.9 Å². The molecule has 2 aliphatic heterocycles. The largest absolute Gasteiger partial charge is 0.491 e. The summed E-state index contributed by atoms with van der Waals surface area (Å²) in [7, 11) is 0. The lowest BCUT2D eigenvalue weighted by Crippen LogP contribution is -2.36. The topological polar surface area (TPSA) is 75.7 Å². The van der Waals surface area contributed by atoms with Crippen molar-refractivity contribution in [3.8, 4) is 5.75 Å². The van der Waals surface area contributed by atoms with Crippen molar-refractivity contribution in [1.82, 2.24) is 10.3 Å². The molecule has 1 saturated heterocycles. The summed E-state index contributed by atoms with van der Waals surface area (Å²) in [5, 5.41) is 5.75. The number of rotatable bonds is 3. The predicted molar refractivity (Wildman–Crippen MR) is 94.1 cm³/mol. The van der Waals surface area contributed by atoms with Crippen LogP contribution in [0.25, 0.3) is 0 Å². The van der Waals surface area contributed by atoms with Gasteiger partial charge in [-0.15, -0.1) is 0 Å². The molecular weight excluding hydrogens is 320 g/mol. The number of benzene rings is 1. The number of para-hydroxylation sites is 1. The summed E-state index contributed by atoms with van der Waals surface area (Å²) >= 11 is 0. The number of ether oxygens (including phenoxy) is 2. The molecule has 0 unspecified atom stereocenters. The Morgan fingerprint density at radius 3 is 2.80 bits per heavy atom. The van der Waals surface area contributed by atoms with Gasteiger partial charge < -0.3 is 25.0 Å². The van der Waals surface area contributed by atoms with Crippen LogP contribution in [0, 0.1) is 0 Å². The fourth-order valence-electron chi connectivity index (χ4n) is 3.05. The molecule has 2 aliphatic rings. The molecule has 0 aliphatic carbocycles. The molecule has 4 rings (SSSR count). The van der Waals surface area contributed by atoms with Gasteiger partial charge in [-0.05, 0) is 18.2 Å². The second-order valence-corrected chi connectivity index (χ2v) is 6.00. The van der Waals surface area contributed by atoms with E-state index in [-0.39, 0.29) is 12.1 Å². The Morgan fingerprint density at radius 2 is 2.00 bits per heavy atom. The smallest absolute Gasteiger partial charge is 0.319 e. The molecule has 130 valence electrons. The summed E-state index contributed by atoms with van der Waals surface area (Å²) in [6.07, 6.45) is 1.67. The summed E-state index contributed by atoms with van der Waals surface area (Å²) < 4.78 is 10.9. The number of carbonyl (C=O) groups excluding carboxylic acids is 1. The molecule has 1 aromatic heterocycles. The van der Waals surface area contributed by atoms with Crippen molar-refractivity contribution in [1.29, 1.82) is 0 Å². The van der Waals surface area contributed by atoms with E-state index in [1.165, 1.54) is 0 Å². The predicted octanol–water partition coefficient (Wildman–Crippen LogP) is 2.17. The molecule has 0 bridgehead atoms. The standard InChI is InChI=1S/C18H20N4O3/c23-18(21-15-12-25-16-4-2-1-3-14(15)16)20-13-5-6-17(19-11-13)22-7-9-24-10-8-22/h1-6,11,15H,7-10,12H2,(H2,20,21,23)/t15-/m1/s1. The fourth-order valence-corrected chi connectivity index (χ4v) is 3.05. The van der Waals surface area contributed by atoms with Gasteiger partial charge in [0.1, 0.15) is 18.2 Å². The third-order valence-corrected chi connectivity index (χ3v) is 4.35. The monoisotopic (exact) mass is 340 g/mol. The molecule has 1 fully saturated rings. The zero-order chi connectivity index (χ0) is 17.1. The summed E-state index contributed by atoms with van der Waals surface area (Å²) in [5.41, 5.74) is 1.65. The van der Waals surface area contributed by atoms with Gasteiger partial charge in [0.05, 0.1) is 31.1 Å². The Kier molecular flexibility index (Phi) is 4.39. The number of nitrogens with one attached hydrogen (secondary N) is 2. The van der Waals surface area contributed by atoms with Crippen molar-refractivity contribution in [3.05, 3.63) is 48.2 Å². The van der Waals surface area contributed by atoms with Gasteiger partial charge in [-0.3, -0.25) is 0 Å². The summed E-state index contributed by atoms with van der Waals surface area (Å²) in [6, 6.07) is 11.1. The molecule has 25 heavy (non-hydrogen) atoms. The Balaban J connectivity index is 1.35. The van der Waals surface area contributed by atoms with E-state index in [1.807, 2.05) is 36.4 Å². The average molecular weight is 340 g/mol. The second kappa shape index (κ2) is 6.98. The van der Waals surface area contributed by atoms with E-state index in [4.69, 9.17) is 9.47 Å². The molecule has 2 amide bonds. The summed E-state index contributed by atoms with van der Waals surface area (Å²) in [6.45, 7) is 3.55. The molecule has 2 aromatic rings. The van der Waals surface area contributed by atoms with Crippen molar-refractivity contribution >= 4 is 17.5 Å². The van der Waals surface area contributed by atoms with Gasteiger partial charge >= 0.3 is 6.03 Å². The zero-order valence-electron chi connectivity index (χ0n) is 13.8.